The number of carbonyl (C=O) groups excluding carboxylic acids is 4. The summed E-state index contributed by atoms with van der Waals surface area (Å²) in [7, 11) is 0. The molecule has 0 unspecified atom stereocenters. The van der Waals surface area contributed by atoms with Crippen LogP contribution in [0.3, 0.4) is 0 Å². The maximum absolute atomic E-state index is 12.6. The Morgan fingerprint density at radius 2 is 0.768 bits per heavy atom. The zero-order valence-electron chi connectivity index (χ0n) is 60.2. The molecule has 0 aliphatic carbocycles. The Labute approximate surface area is 715 Å². The third-order valence-electron chi connectivity index (χ3n) is 15.6. The van der Waals surface area contributed by atoms with Crippen molar-refractivity contribution < 1.29 is 89.4 Å². The number of ketones is 1. The Bertz CT molecular complexity index is 6120. The van der Waals surface area contributed by atoms with Crippen LogP contribution in [0, 0.1) is 46.9 Å². The molecule has 1 radical (unpaired) electrons. The second-order valence-corrected chi connectivity index (χ2v) is 28.8. The van der Waals surface area contributed by atoms with Crippen LogP contribution in [0.25, 0.3) is 44.4 Å². The van der Waals surface area contributed by atoms with Gasteiger partial charge in [-0.1, -0.05) is 116 Å². The maximum atomic E-state index is 12.6. The van der Waals surface area contributed by atoms with Gasteiger partial charge in [-0.3, -0.25) is 47.9 Å². The fourth-order valence-corrected chi connectivity index (χ4v) is 11.6. The molecule has 10 heterocycles. The van der Waals surface area contributed by atoms with Gasteiger partial charge >= 0.3 is 11.9 Å². The molecule has 569 valence electrons. The number of hydrogen-bond donors (Lipinski definition) is 7. The van der Waals surface area contributed by atoms with Crippen molar-refractivity contribution in [2.24, 2.45) is 0 Å². The number of H-pyrrole nitrogens is 2. The number of fused-ring (bicyclic) bond motifs is 4. The van der Waals surface area contributed by atoms with Gasteiger partial charge in [-0.15, -0.1) is 5.92 Å². The number of carboxylic acid groups (broad SMARTS) is 2. The van der Waals surface area contributed by atoms with Gasteiger partial charge in [0.2, 0.25) is 44.6 Å². The van der Waals surface area contributed by atoms with E-state index in [1.807, 2.05) is 161 Å². The molecule has 0 spiro atoms. The van der Waals surface area contributed by atoms with Crippen LogP contribution in [0.15, 0.2) is 218 Å². The minimum atomic E-state index is -1.30. The summed E-state index contributed by atoms with van der Waals surface area (Å²) in [5, 5.41) is 26.5. The van der Waals surface area contributed by atoms with Crippen LogP contribution in [0.5, 0.6) is 0 Å². The van der Waals surface area contributed by atoms with E-state index in [-0.39, 0.29) is 122 Å². The van der Waals surface area contributed by atoms with E-state index in [1.54, 1.807) is 62.8 Å². The molecule has 10 aromatic heterocycles. The Hall–Kier alpha value is -10.4. The summed E-state index contributed by atoms with van der Waals surface area (Å²) in [6, 6.07) is 32.9. The fourth-order valence-electron chi connectivity index (χ4n) is 9.76. The molecule has 3 aromatic carbocycles. The van der Waals surface area contributed by atoms with E-state index >= 15 is 0 Å². The summed E-state index contributed by atoms with van der Waals surface area (Å²) in [4.78, 5) is 161. The number of Topliss-reactive ketones (excluding diaryl/α,β-unsaturated/α-hetero) is 1. The average Bonchev–Trinajstić information content (AvgIpc) is 0.802. The molecule has 3 amide bonds. The van der Waals surface area contributed by atoms with E-state index in [9.17, 15) is 57.5 Å². The number of aromatic nitrogens is 6. The number of pyridine rings is 6. The molecule has 0 fully saturated rings. The number of hydrogen-bond acceptors (Lipinski definition) is 20. The van der Waals surface area contributed by atoms with E-state index in [4.69, 9.17) is 27.9 Å². The molecule has 32 heteroatoms. The van der Waals surface area contributed by atoms with E-state index in [2.05, 4.69) is 87.2 Å². The number of aryl methyl sites for hydroxylation is 4. The van der Waals surface area contributed by atoms with Gasteiger partial charge in [-0.05, 0) is 183 Å². The van der Waals surface area contributed by atoms with E-state index < -0.39 is 46.1 Å². The van der Waals surface area contributed by atoms with Crippen LogP contribution in [-0.2, 0) is 58.8 Å². The summed E-state index contributed by atoms with van der Waals surface area (Å²) in [5.74, 6) is 1.57. The van der Waals surface area contributed by atoms with Crippen LogP contribution < -0.4 is 48.8 Å². The zero-order valence-corrected chi connectivity index (χ0v) is 71.7. The van der Waals surface area contributed by atoms with Crippen LogP contribution in [0.4, 0.5) is 0 Å². The summed E-state index contributed by atoms with van der Waals surface area (Å²) in [6.45, 7) is 12.5. The largest absolute Gasteiger partial charge is 0.477 e. The number of nitrogens with zero attached hydrogens (tertiary/aromatic N) is 4. The molecule has 13 aromatic rings. The number of carboxylic acids is 2. The molecular formula is C80H65I4N9O18Y. The van der Waals surface area contributed by atoms with Crippen molar-refractivity contribution in [3.63, 3.8) is 0 Å². The standard InChI is InChI=1S/C20H20N2O3.C20H16N2O3.C17H13IN2O3.C9H4INO4.C8H8INO2.C6H4INO3.Y/c2*1-3-4-15-9-16-18(23)17(12-25-20(16)22-11-15)19(24)21-10-14-7-5-13(2)6-8-14;1-10-2-4-11(5-3-10)7-19-16(22)14-9-23-17-13(15(14)21)6-12(18)8-20-17;10-4-1-5-7(12)6(9(13)14)3-15-8(5)11-2-4;1-2-7(11)6-3-5(9)4-10-8(6)12;7-3-1-4(6(10)11)5(9)8-2-3;/h5-9,11-12H,3-4,10H2,1-2H3,(H,21,24);5-9,11-12H,10H2,1-2H3,(H,21,24);2-6,8-9H,7H2,1H3,(H,19,22);1-3H,(H,13,14);3-4H,2H2,1H3,(H,10,12);1-2H,(H,8,9)(H,10,11);. The van der Waals surface area contributed by atoms with E-state index in [0.29, 0.717) is 46.0 Å². The van der Waals surface area contributed by atoms with Crippen molar-refractivity contribution in [1.29, 1.82) is 0 Å². The Kier molecular flexibility index (Phi) is 34.0. The van der Waals surface area contributed by atoms with Gasteiger partial charge in [-0.25, -0.2) is 29.5 Å². The molecule has 0 aliphatic heterocycles. The summed E-state index contributed by atoms with van der Waals surface area (Å²) in [5.41, 5.74) is 5.65. The van der Waals surface area contributed by atoms with Crippen LogP contribution in [-0.4, -0.2) is 75.6 Å². The van der Waals surface area contributed by atoms with E-state index in [0.717, 1.165) is 81.3 Å². The topological polar surface area (TPSA) is 417 Å². The third kappa shape index (κ3) is 25.1. The quantitative estimate of drug-likeness (QED) is 0.0285. The zero-order chi connectivity index (χ0) is 80.6. The maximum Gasteiger partial charge on any atom is 0.342 e. The molecule has 0 aliphatic rings. The third-order valence-corrected chi connectivity index (χ3v) is 18.0. The van der Waals surface area contributed by atoms with Crippen molar-refractivity contribution in [2.45, 2.75) is 80.4 Å². The minimum Gasteiger partial charge on any atom is -0.477 e. The molecule has 0 bridgehead atoms. The second kappa shape index (κ2) is 42.9. The average molecular weight is 2040 g/mol. The number of carbonyl (C=O) groups is 6. The molecule has 27 nitrogen and oxygen atoms in total. The van der Waals surface area contributed by atoms with Gasteiger partial charge in [0.05, 0.1) is 27.1 Å². The van der Waals surface area contributed by atoms with Gasteiger partial charge in [-0.2, -0.15) is 0 Å². The Morgan fingerprint density at radius 3 is 1.13 bits per heavy atom. The first kappa shape index (κ1) is 88.8. The van der Waals surface area contributed by atoms with Crippen molar-refractivity contribution in [2.75, 3.05) is 0 Å². The van der Waals surface area contributed by atoms with Crippen LogP contribution >= 0.6 is 90.4 Å². The van der Waals surface area contributed by atoms with E-state index in [1.165, 1.54) is 30.9 Å². The van der Waals surface area contributed by atoms with Crippen molar-refractivity contribution >= 4 is 170 Å². The number of amides is 3. The number of aromatic carboxylic acids is 2. The normalized spacial score (nSPS) is 10.3. The van der Waals surface area contributed by atoms with Gasteiger partial charge in [0, 0.05) is 116 Å². The molecule has 0 saturated carbocycles. The van der Waals surface area contributed by atoms with Crippen LogP contribution in [0.2, 0.25) is 0 Å². The molecular weight excluding hydrogens is 1970 g/mol. The van der Waals surface area contributed by atoms with Gasteiger partial charge in [0.25, 0.3) is 28.8 Å². The number of rotatable bonds is 15. The predicted octanol–water partition coefficient (Wildman–Crippen LogP) is 12.9. The number of aromatic amines is 2. The number of nitrogens with one attached hydrogen (secondary N) is 5. The summed E-state index contributed by atoms with van der Waals surface area (Å²) >= 11 is 8.01. The molecule has 7 N–H and O–H groups in total. The predicted molar refractivity (Wildman–Crippen MR) is 448 cm³/mol. The van der Waals surface area contributed by atoms with Gasteiger partial charge in [0.1, 0.15) is 52.9 Å². The van der Waals surface area contributed by atoms with Crippen molar-refractivity contribution in [1.82, 2.24) is 45.9 Å². The first-order chi connectivity index (χ1) is 53.0. The Balaban J connectivity index is 0.000000191. The van der Waals surface area contributed by atoms with Crippen LogP contribution in [0.1, 0.15) is 140 Å². The van der Waals surface area contributed by atoms with Crippen molar-refractivity contribution in [3.05, 3.63) is 325 Å². The monoisotopic (exact) mass is 2040 g/mol. The number of halogens is 4. The smallest absolute Gasteiger partial charge is 0.342 e. The van der Waals surface area contributed by atoms with Gasteiger partial charge < -0.3 is 53.8 Å². The molecule has 112 heavy (non-hydrogen) atoms. The molecule has 0 atom stereocenters. The Morgan fingerprint density at radius 1 is 0.429 bits per heavy atom. The van der Waals surface area contributed by atoms with Gasteiger partial charge in [0.15, 0.2) is 5.78 Å². The summed E-state index contributed by atoms with van der Waals surface area (Å²) in [6.07, 6.45) is 15.9. The first-order valence-corrected chi connectivity index (χ1v) is 37.5. The number of benzene rings is 3. The summed E-state index contributed by atoms with van der Waals surface area (Å²) < 4.78 is 24.0. The minimum absolute atomic E-state index is 0. The fraction of sp³-hybridized carbons (Fsp3) is 0.150. The first-order valence-electron chi connectivity index (χ1n) is 33.2. The molecule has 0 saturated heterocycles. The van der Waals surface area contributed by atoms with Crippen molar-refractivity contribution in [3.8, 4) is 11.8 Å². The second-order valence-electron chi connectivity index (χ2n) is 23.8. The molecule has 13 rings (SSSR count). The SMILES string of the molecule is CC#Cc1cnc2occ(C(=O)NCc3ccc(C)cc3)c(=O)c2c1.CCC(=O)c1cc(I)c[nH]c1=O.CCCc1cnc2occ(C(=O)NCc3ccc(C)cc3)c(=O)c2c1.Cc1ccc(CNC(=O)c2coc3ncc(I)cc3c2=O)cc1.O=C(O)c1cc(I)c[nH]c1=O.O=C(O)c1coc2ncc(I)cc2c1=O.[Y].